The lowest BCUT2D eigenvalue weighted by atomic mass is 10.2. The van der Waals surface area contributed by atoms with Crippen molar-refractivity contribution in [1.82, 2.24) is 9.97 Å². The normalized spacial score (nSPS) is 10.3. The fraction of sp³-hybridized carbons (Fsp3) is 0.231. The maximum Gasteiger partial charge on any atom is 0.156 e. The summed E-state index contributed by atoms with van der Waals surface area (Å²) in [6, 6.07) is 11.8. The van der Waals surface area contributed by atoms with Crippen molar-refractivity contribution in [3.63, 3.8) is 0 Å². The number of ether oxygens (including phenoxy) is 1. The molecule has 1 aromatic heterocycles. The van der Waals surface area contributed by atoms with Crippen LogP contribution < -0.4 is 11.3 Å². The topological polar surface area (TPSA) is 73.1 Å². The second-order valence-corrected chi connectivity index (χ2v) is 3.93. The number of hydrogen-bond donors (Lipinski definition) is 2. The van der Waals surface area contributed by atoms with Crippen molar-refractivity contribution in [2.24, 2.45) is 5.84 Å². The van der Waals surface area contributed by atoms with E-state index in [4.69, 9.17) is 10.6 Å². The Morgan fingerprint density at radius 3 is 2.67 bits per heavy atom. The molecule has 3 N–H and O–H groups in total. The zero-order valence-electron chi connectivity index (χ0n) is 10.3. The van der Waals surface area contributed by atoms with Gasteiger partial charge in [0, 0.05) is 11.8 Å². The van der Waals surface area contributed by atoms with E-state index >= 15 is 0 Å². The predicted molar refractivity (Wildman–Crippen MR) is 69.5 cm³/mol. The summed E-state index contributed by atoms with van der Waals surface area (Å²) in [6.07, 6.45) is 0. The molecule has 0 radical (unpaired) electrons. The maximum atomic E-state index is 5.57. The van der Waals surface area contributed by atoms with E-state index in [1.54, 1.807) is 6.07 Å². The number of aryl methyl sites for hydroxylation is 1. The van der Waals surface area contributed by atoms with Crippen LogP contribution in [0.1, 0.15) is 17.1 Å². The van der Waals surface area contributed by atoms with Gasteiger partial charge < -0.3 is 10.2 Å². The van der Waals surface area contributed by atoms with Crippen molar-refractivity contribution in [1.29, 1.82) is 0 Å². The molecule has 0 aliphatic carbocycles. The van der Waals surface area contributed by atoms with Gasteiger partial charge in [0.25, 0.3) is 0 Å². The van der Waals surface area contributed by atoms with E-state index in [0.717, 1.165) is 11.3 Å². The highest BCUT2D eigenvalue weighted by atomic mass is 16.5. The lowest BCUT2D eigenvalue weighted by molar-refractivity contribution is 0.102. The number of nitrogens with two attached hydrogens (primary N) is 1. The highest BCUT2D eigenvalue weighted by Gasteiger charge is 2.01. The highest BCUT2D eigenvalue weighted by Crippen LogP contribution is 2.07. The van der Waals surface area contributed by atoms with Crippen molar-refractivity contribution in [2.75, 3.05) is 5.43 Å². The van der Waals surface area contributed by atoms with Gasteiger partial charge in [-0.25, -0.2) is 15.8 Å². The molecule has 1 heterocycles. The highest BCUT2D eigenvalue weighted by molar-refractivity contribution is 5.33. The minimum atomic E-state index is 0.366. The summed E-state index contributed by atoms with van der Waals surface area (Å²) in [5.41, 5.74) is 4.49. The SMILES string of the molecule is Cc1cc(NN)nc(COCc2ccccc2)n1. The lowest BCUT2D eigenvalue weighted by Crippen LogP contribution is -2.11. The molecular weight excluding hydrogens is 228 g/mol. The molecule has 0 bridgehead atoms. The third kappa shape index (κ3) is 3.51. The zero-order chi connectivity index (χ0) is 12.8. The molecule has 0 aliphatic heterocycles. The molecular formula is C13H16N4O. The molecule has 1 aromatic carbocycles. The average molecular weight is 244 g/mol. The number of hydrogen-bond acceptors (Lipinski definition) is 5. The molecule has 0 aliphatic rings. The first-order chi connectivity index (χ1) is 8.78. The van der Waals surface area contributed by atoms with Gasteiger partial charge in [-0.1, -0.05) is 30.3 Å². The van der Waals surface area contributed by atoms with Crippen LogP contribution in [-0.4, -0.2) is 9.97 Å². The van der Waals surface area contributed by atoms with E-state index in [1.807, 2.05) is 37.3 Å². The van der Waals surface area contributed by atoms with Crippen LogP contribution in [0.2, 0.25) is 0 Å². The number of aromatic nitrogens is 2. The molecule has 0 amide bonds. The first-order valence-electron chi connectivity index (χ1n) is 5.71. The summed E-state index contributed by atoms with van der Waals surface area (Å²) in [6.45, 7) is 2.80. The fourth-order valence-corrected chi connectivity index (χ4v) is 1.60. The Bertz CT molecular complexity index is 502. The first kappa shape index (κ1) is 12.5. The van der Waals surface area contributed by atoms with Gasteiger partial charge >= 0.3 is 0 Å². The molecule has 0 saturated heterocycles. The third-order valence-corrected chi connectivity index (χ3v) is 2.39. The van der Waals surface area contributed by atoms with E-state index in [9.17, 15) is 0 Å². The number of nitrogen functional groups attached to an aromatic ring is 1. The number of nitrogens with one attached hydrogen (secondary N) is 1. The molecule has 18 heavy (non-hydrogen) atoms. The number of anilines is 1. The number of benzene rings is 1. The van der Waals surface area contributed by atoms with Gasteiger partial charge in [0.15, 0.2) is 5.82 Å². The standard InChI is InChI=1S/C13H16N4O/c1-10-7-12(17-14)16-13(15-10)9-18-8-11-5-3-2-4-6-11/h2-7H,8-9,14H2,1H3,(H,15,16,17). The summed E-state index contributed by atoms with van der Waals surface area (Å²) in [5.74, 6) is 6.55. The summed E-state index contributed by atoms with van der Waals surface area (Å²) in [5, 5.41) is 0. The van der Waals surface area contributed by atoms with E-state index < -0.39 is 0 Å². The van der Waals surface area contributed by atoms with Gasteiger partial charge in [0.05, 0.1) is 6.61 Å². The summed E-state index contributed by atoms with van der Waals surface area (Å²) in [4.78, 5) is 8.49. The van der Waals surface area contributed by atoms with Crippen LogP contribution in [0.15, 0.2) is 36.4 Å². The molecule has 5 heteroatoms. The summed E-state index contributed by atoms with van der Waals surface area (Å²) >= 11 is 0. The van der Waals surface area contributed by atoms with Crippen molar-refractivity contribution in [3.8, 4) is 0 Å². The van der Waals surface area contributed by atoms with E-state index in [2.05, 4.69) is 15.4 Å². The molecule has 0 unspecified atom stereocenters. The van der Waals surface area contributed by atoms with Crippen molar-refractivity contribution >= 4 is 5.82 Å². The predicted octanol–water partition coefficient (Wildman–Crippen LogP) is 1.79. The average Bonchev–Trinajstić information content (AvgIpc) is 2.39. The molecule has 0 atom stereocenters. The smallest absolute Gasteiger partial charge is 0.156 e. The molecule has 2 aromatic rings. The number of rotatable bonds is 5. The monoisotopic (exact) mass is 244 g/mol. The quantitative estimate of drug-likeness (QED) is 0.619. The van der Waals surface area contributed by atoms with Crippen molar-refractivity contribution < 1.29 is 4.74 Å². The minimum Gasteiger partial charge on any atom is -0.369 e. The van der Waals surface area contributed by atoms with E-state index in [0.29, 0.717) is 24.9 Å². The van der Waals surface area contributed by atoms with Crippen LogP contribution in [0.25, 0.3) is 0 Å². The summed E-state index contributed by atoms with van der Waals surface area (Å²) < 4.78 is 5.57. The molecule has 2 rings (SSSR count). The lowest BCUT2D eigenvalue weighted by Gasteiger charge is -2.06. The fourth-order valence-electron chi connectivity index (χ4n) is 1.60. The van der Waals surface area contributed by atoms with Gasteiger partial charge in [-0.05, 0) is 12.5 Å². The molecule has 0 spiro atoms. The molecule has 0 fully saturated rings. The van der Waals surface area contributed by atoms with Gasteiger partial charge in [-0.2, -0.15) is 0 Å². The summed E-state index contributed by atoms with van der Waals surface area (Å²) in [7, 11) is 0. The Balaban J connectivity index is 1.92. The van der Waals surface area contributed by atoms with Gasteiger partial charge in [0.2, 0.25) is 0 Å². The maximum absolute atomic E-state index is 5.57. The Morgan fingerprint density at radius 1 is 1.17 bits per heavy atom. The Morgan fingerprint density at radius 2 is 1.94 bits per heavy atom. The minimum absolute atomic E-state index is 0.366. The molecule has 5 nitrogen and oxygen atoms in total. The Labute approximate surface area is 106 Å². The largest absolute Gasteiger partial charge is 0.369 e. The Kier molecular flexibility index (Phi) is 4.22. The third-order valence-electron chi connectivity index (χ3n) is 2.39. The zero-order valence-corrected chi connectivity index (χ0v) is 10.3. The van der Waals surface area contributed by atoms with Crippen LogP contribution in [-0.2, 0) is 18.0 Å². The van der Waals surface area contributed by atoms with E-state index in [1.165, 1.54) is 0 Å². The number of hydrazine groups is 1. The molecule has 94 valence electrons. The van der Waals surface area contributed by atoms with Crippen molar-refractivity contribution in [3.05, 3.63) is 53.5 Å². The van der Waals surface area contributed by atoms with Gasteiger partial charge in [0.1, 0.15) is 12.4 Å². The van der Waals surface area contributed by atoms with Crippen LogP contribution in [0.4, 0.5) is 5.82 Å². The van der Waals surface area contributed by atoms with Crippen LogP contribution in [0.3, 0.4) is 0 Å². The van der Waals surface area contributed by atoms with Gasteiger partial charge in [-0.3, -0.25) is 0 Å². The second-order valence-electron chi connectivity index (χ2n) is 3.93. The van der Waals surface area contributed by atoms with E-state index in [-0.39, 0.29) is 0 Å². The first-order valence-corrected chi connectivity index (χ1v) is 5.71. The van der Waals surface area contributed by atoms with Crippen LogP contribution in [0.5, 0.6) is 0 Å². The van der Waals surface area contributed by atoms with Gasteiger partial charge in [-0.15, -0.1) is 0 Å². The second kappa shape index (κ2) is 6.09. The molecule has 0 saturated carbocycles. The Hall–Kier alpha value is -1.98. The van der Waals surface area contributed by atoms with Crippen LogP contribution >= 0.6 is 0 Å². The van der Waals surface area contributed by atoms with Crippen molar-refractivity contribution in [2.45, 2.75) is 20.1 Å². The number of nitrogens with zero attached hydrogens (tertiary/aromatic N) is 2. The van der Waals surface area contributed by atoms with Crippen LogP contribution in [0, 0.1) is 6.92 Å².